The molecule has 1 aliphatic heterocycles. The summed E-state index contributed by atoms with van der Waals surface area (Å²) in [4.78, 5) is 61.2. The van der Waals surface area contributed by atoms with E-state index in [1.807, 2.05) is 72.8 Å². The molecule has 0 fully saturated rings. The van der Waals surface area contributed by atoms with Crippen molar-refractivity contribution in [3.05, 3.63) is 168 Å². The van der Waals surface area contributed by atoms with Gasteiger partial charge in [-0.25, -0.2) is 23.7 Å². The molecule has 0 saturated heterocycles. The largest absolute Gasteiger partial charge is 0.584 e. The van der Waals surface area contributed by atoms with Gasteiger partial charge in [0.2, 0.25) is 0 Å². The highest BCUT2D eigenvalue weighted by molar-refractivity contribution is 7.48. The number of fused-ring (bicyclic) bond motifs is 7. The minimum atomic E-state index is -4.98. The molecule has 9 rings (SSSR count). The van der Waals surface area contributed by atoms with Crippen LogP contribution in [0.2, 0.25) is 0 Å². The van der Waals surface area contributed by atoms with Gasteiger partial charge in [-0.15, -0.1) is 0 Å². The number of phosphoric ester groups is 1. The number of methoxy groups -OCH3 is 4. The van der Waals surface area contributed by atoms with E-state index in [4.69, 9.17) is 28.0 Å². The van der Waals surface area contributed by atoms with Gasteiger partial charge in [-0.05, 0) is 128 Å². The first-order chi connectivity index (χ1) is 31.4. The minimum Gasteiger partial charge on any atom is -0.465 e. The Kier molecular flexibility index (Phi) is 11.0. The Balaban J connectivity index is 1.36. The Labute approximate surface area is 372 Å². The van der Waals surface area contributed by atoms with Crippen molar-refractivity contribution in [2.75, 3.05) is 28.4 Å². The van der Waals surface area contributed by atoms with Gasteiger partial charge in [-0.2, -0.15) is 0 Å². The highest BCUT2D eigenvalue weighted by Crippen LogP contribution is 2.61. The number of phosphoric acid groups is 1. The number of carbonyl (C=O) groups excluding carboxylic acids is 4. The smallest absolute Gasteiger partial charge is 0.465 e. The first-order valence-electron chi connectivity index (χ1n) is 20.1. The Morgan fingerprint density at radius 2 is 0.677 bits per heavy atom. The van der Waals surface area contributed by atoms with Gasteiger partial charge in [0.1, 0.15) is 11.5 Å². The summed E-state index contributed by atoms with van der Waals surface area (Å²) in [5.74, 6) is -1.87. The SMILES string of the molecule is COC(=O)c1ccc(-c2ccc3c4c(c(-c5ccc(C(=O)OC)cc5)cc3c2)OP(=O)(O)Oc2c(-c3ccc(C(=O)OC)cc3)cc3cc(-c5ccc(C(=O)OC)cc5)ccc3c2-4)cc1. The summed E-state index contributed by atoms with van der Waals surface area (Å²) in [5, 5.41) is 2.74. The van der Waals surface area contributed by atoms with Gasteiger partial charge in [-0.1, -0.05) is 72.8 Å². The number of hydrogen-bond donors (Lipinski definition) is 1. The third-order valence-electron chi connectivity index (χ3n) is 11.4. The van der Waals surface area contributed by atoms with Crippen molar-refractivity contribution >= 4 is 53.2 Å². The van der Waals surface area contributed by atoms with Gasteiger partial charge in [0.15, 0.2) is 0 Å². The zero-order valence-corrected chi connectivity index (χ0v) is 36.1. The fourth-order valence-electron chi connectivity index (χ4n) is 8.14. The lowest BCUT2D eigenvalue weighted by molar-refractivity contribution is 0.0592. The van der Waals surface area contributed by atoms with Crippen LogP contribution in [-0.2, 0) is 23.5 Å². The predicted octanol–water partition coefficient (Wildman–Crippen LogP) is 11.3. The molecular formula is C52H37O12P. The van der Waals surface area contributed by atoms with Crippen molar-refractivity contribution in [2.24, 2.45) is 0 Å². The van der Waals surface area contributed by atoms with Gasteiger partial charge >= 0.3 is 31.7 Å². The van der Waals surface area contributed by atoms with Gasteiger partial charge in [0.05, 0.1) is 50.7 Å². The minimum absolute atomic E-state index is 0.0602. The molecule has 0 unspecified atom stereocenters. The van der Waals surface area contributed by atoms with E-state index < -0.39 is 31.7 Å². The zero-order chi connectivity index (χ0) is 45.6. The van der Waals surface area contributed by atoms with E-state index in [2.05, 4.69) is 0 Å². The van der Waals surface area contributed by atoms with Crippen molar-refractivity contribution < 1.29 is 56.6 Å². The third-order valence-corrected chi connectivity index (χ3v) is 12.2. The molecule has 8 aromatic carbocycles. The van der Waals surface area contributed by atoms with E-state index in [0.717, 1.165) is 33.0 Å². The van der Waals surface area contributed by atoms with Crippen molar-refractivity contribution in [2.45, 2.75) is 0 Å². The molecule has 322 valence electrons. The highest BCUT2D eigenvalue weighted by atomic mass is 31.2. The molecule has 0 saturated carbocycles. The second kappa shape index (κ2) is 16.9. The van der Waals surface area contributed by atoms with Gasteiger partial charge < -0.3 is 28.0 Å². The fourth-order valence-corrected chi connectivity index (χ4v) is 9.02. The summed E-state index contributed by atoms with van der Waals surface area (Å²) in [5.41, 5.74) is 7.52. The number of esters is 4. The van der Waals surface area contributed by atoms with Crippen LogP contribution >= 0.6 is 7.82 Å². The summed E-state index contributed by atoms with van der Waals surface area (Å²) in [6.45, 7) is 0. The number of carbonyl (C=O) groups is 4. The third kappa shape index (κ3) is 7.86. The van der Waals surface area contributed by atoms with Crippen LogP contribution in [0.4, 0.5) is 0 Å². The van der Waals surface area contributed by atoms with Crippen LogP contribution in [0.15, 0.2) is 146 Å². The van der Waals surface area contributed by atoms with Crippen LogP contribution in [-0.4, -0.2) is 57.2 Å². The van der Waals surface area contributed by atoms with Crippen LogP contribution in [0, 0.1) is 0 Å². The fraction of sp³-hybridized carbons (Fsp3) is 0.0769. The van der Waals surface area contributed by atoms with Crippen LogP contribution < -0.4 is 9.05 Å². The maximum absolute atomic E-state index is 14.4. The molecule has 65 heavy (non-hydrogen) atoms. The summed E-state index contributed by atoms with van der Waals surface area (Å²) >= 11 is 0. The molecule has 12 nitrogen and oxygen atoms in total. The van der Waals surface area contributed by atoms with Crippen LogP contribution in [0.3, 0.4) is 0 Å². The number of hydrogen-bond acceptors (Lipinski definition) is 11. The van der Waals surface area contributed by atoms with E-state index in [-0.39, 0.29) is 11.5 Å². The molecule has 0 aromatic heterocycles. The second-order valence-electron chi connectivity index (χ2n) is 15.1. The van der Waals surface area contributed by atoms with E-state index in [1.54, 1.807) is 72.8 Å². The molecule has 1 aliphatic rings. The first kappa shape index (κ1) is 42.3. The van der Waals surface area contributed by atoms with E-state index in [1.165, 1.54) is 28.4 Å². The second-order valence-corrected chi connectivity index (χ2v) is 16.4. The number of ether oxygens (including phenoxy) is 4. The lowest BCUT2D eigenvalue weighted by Crippen LogP contribution is -2.01. The van der Waals surface area contributed by atoms with E-state index in [9.17, 15) is 28.6 Å². The van der Waals surface area contributed by atoms with Crippen LogP contribution in [0.1, 0.15) is 41.4 Å². The average Bonchev–Trinajstić information content (AvgIpc) is 3.48. The molecule has 0 amide bonds. The highest BCUT2D eigenvalue weighted by Gasteiger charge is 2.38. The normalized spacial score (nSPS) is 12.4. The lowest BCUT2D eigenvalue weighted by Gasteiger charge is -2.20. The molecule has 0 bridgehead atoms. The number of rotatable bonds is 8. The van der Waals surface area contributed by atoms with E-state index in [0.29, 0.717) is 66.4 Å². The quantitative estimate of drug-likeness (QED) is 0.0875. The standard InChI is InChI=1S/C52H37O12P/c1-59-49(53)33-13-5-29(6-14-33)37-21-23-41-39(25-37)27-43(31-9-17-35(18-10-31)51(55)61-3)47-45(41)46-42-24-22-38(30-7-15-34(16-8-30)50(54)60-2)26-40(42)28-44(48(46)64-65(57,58)63-47)32-11-19-36(20-12-32)52(56)62-4/h5-28H,1-4H3,(H,57,58). The van der Waals surface area contributed by atoms with Crippen LogP contribution in [0.5, 0.6) is 11.5 Å². The van der Waals surface area contributed by atoms with Crippen molar-refractivity contribution in [1.82, 2.24) is 0 Å². The lowest BCUT2D eigenvalue weighted by atomic mass is 9.85. The Morgan fingerprint density at radius 1 is 0.400 bits per heavy atom. The molecular weight excluding hydrogens is 848 g/mol. The average molecular weight is 885 g/mol. The molecule has 0 radical (unpaired) electrons. The van der Waals surface area contributed by atoms with Crippen molar-refractivity contribution in [3.63, 3.8) is 0 Å². The molecule has 8 aromatic rings. The maximum Gasteiger partial charge on any atom is 0.584 e. The first-order valence-corrected chi connectivity index (χ1v) is 21.6. The number of benzene rings is 8. The zero-order valence-electron chi connectivity index (χ0n) is 35.2. The monoisotopic (exact) mass is 884 g/mol. The topological polar surface area (TPSA) is 161 Å². The Morgan fingerprint density at radius 3 is 0.969 bits per heavy atom. The summed E-state index contributed by atoms with van der Waals surface area (Å²) in [6.07, 6.45) is 0. The van der Waals surface area contributed by atoms with Crippen molar-refractivity contribution in [1.29, 1.82) is 0 Å². The molecule has 13 heteroatoms. The van der Waals surface area contributed by atoms with Crippen LogP contribution in [0.25, 0.3) is 77.2 Å². The van der Waals surface area contributed by atoms with Gasteiger partial charge in [0, 0.05) is 22.3 Å². The summed E-state index contributed by atoms with van der Waals surface area (Å²) in [7, 11) is 0.254. The maximum atomic E-state index is 14.4. The Hall–Kier alpha value is -8.05. The predicted molar refractivity (Wildman–Crippen MR) is 245 cm³/mol. The molecule has 0 spiro atoms. The van der Waals surface area contributed by atoms with Gasteiger partial charge in [-0.3, -0.25) is 4.89 Å². The molecule has 0 atom stereocenters. The van der Waals surface area contributed by atoms with Crippen molar-refractivity contribution in [3.8, 4) is 67.1 Å². The summed E-state index contributed by atoms with van der Waals surface area (Å²) < 4.78 is 46.4. The summed E-state index contributed by atoms with van der Waals surface area (Å²) in [6, 6.07) is 42.6. The van der Waals surface area contributed by atoms with Gasteiger partial charge in [0.25, 0.3) is 0 Å². The molecule has 0 aliphatic carbocycles. The molecule has 1 N–H and O–H groups in total. The Bertz CT molecular complexity index is 3070. The van der Waals surface area contributed by atoms with E-state index >= 15 is 0 Å². The molecule has 1 heterocycles.